The van der Waals surface area contributed by atoms with Gasteiger partial charge in [-0.15, -0.1) is 0 Å². The van der Waals surface area contributed by atoms with Crippen LogP contribution in [0.1, 0.15) is 10.4 Å². The molecule has 0 unspecified atom stereocenters. The molecule has 0 fully saturated rings. The van der Waals surface area contributed by atoms with Crippen molar-refractivity contribution < 1.29 is 4.79 Å². The van der Waals surface area contributed by atoms with Crippen LogP contribution in [-0.2, 0) is 0 Å². The lowest BCUT2D eigenvalue weighted by molar-refractivity contribution is 0.100. The van der Waals surface area contributed by atoms with Crippen LogP contribution in [0.25, 0.3) is 21.5 Å². The van der Waals surface area contributed by atoms with Gasteiger partial charge in [0.25, 0.3) is 0 Å². The number of fused-ring (bicyclic) bond motifs is 2. The number of carbonyl (C=O) groups is 1. The van der Waals surface area contributed by atoms with E-state index in [1.165, 1.54) is 0 Å². The number of hydrogen-bond donors (Lipinski definition) is 2. The molecule has 88 valence electrons. The van der Waals surface area contributed by atoms with Crippen molar-refractivity contribution in [2.24, 2.45) is 5.73 Å². The molecular weight excluding hydrogens is 224 g/mol. The summed E-state index contributed by atoms with van der Waals surface area (Å²) in [6.45, 7) is 0. The molecule has 0 aromatic heterocycles. The molecule has 0 heterocycles. The molecule has 0 aliphatic rings. The summed E-state index contributed by atoms with van der Waals surface area (Å²) in [7, 11) is 0. The summed E-state index contributed by atoms with van der Waals surface area (Å²) in [5, 5.41) is 3.84. The van der Waals surface area contributed by atoms with E-state index in [1.54, 1.807) is 6.07 Å². The van der Waals surface area contributed by atoms with Gasteiger partial charge in [-0.1, -0.05) is 24.3 Å². The molecular formula is C15H12N2O. The van der Waals surface area contributed by atoms with E-state index in [1.807, 2.05) is 42.5 Å². The Bertz CT molecular complexity index is 778. The zero-order chi connectivity index (χ0) is 12.7. The maximum atomic E-state index is 11.4. The largest absolute Gasteiger partial charge is 0.398 e. The maximum Gasteiger partial charge on any atom is 0.249 e. The minimum absolute atomic E-state index is 0.422. The topological polar surface area (TPSA) is 69.1 Å². The molecule has 1 amide bonds. The van der Waals surface area contributed by atoms with Crippen LogP contribution in [-0.4, -0.2) is 5.91 Å². The van der Waals surface area contributed by atoms with Crippen molar-refractivity contribution in [2.75, 3.05) is 5.73 Å². The van der Waals surface area contributed by atoms with Gasteiger partial charge in [-0.05, 0) is 40.4 Å². The average Bonchev–Trinajstić information content (AvgIpc) is 2.36. The highest BCUT2D eigenvalue weighted by molar-refractivity contribution is 6.11. The number of nitrogens with two attached hydrogens (primary N) is 2. The fourth-order valence-corrected chi connectivity index (χ4v) is 2.29. The highest BCUT2D eigenvalue weighted by Gasteiger charge is 2.08. The number of rotatable bonds is 1. The molecule has 0 aliphatic heterocycles. The van der Waals surface area contributed by atoms with Gasteiger partial charge >= 0.3 is 0 Å². The van der Waals surface area contributed by atoms with Crippen LogP contribution < -0.4 is 11.5 Å². The minimum Gasteiger partial charge on any atom is -0.398 e. The average molecular weight is 236 g/mol. The van der Waals surface area contributed by atoms with Crippen LogP contribution in [0.15, 0.2) is 48.5 Å². The normalized spacial score (nSPS) is 10.9. The van der Waals surface area contributed by atoms with Crippen molar-refractivity contribution >= 4 is 33.1 Å². The molecule has 3 rings (SSSR count). The summed E-state index contributed by atoms with van der Waals surface area (Å²) >= 11 is 0. The first-order chi connectivity index (χ1) is 8.66. The van der Waals surface area contributed by atoms with E-state index in [4.69, 9.17) is 11.5 Å². The van der Waals surface area contributed by atoms with E-state index in [-0.39, 0.29) is 0 Å². The Balaban J connectivity index is 2.50. The van der Waals surface area contributed by atoms with Gasteiger partial charge in [0.2, 0.25) is 5.91 Å². The van der Waals surface area contributed by atoms with Crippen molar-refractivity contribution in [3.05, 3.63) is 54.1 Å². The molecule has 4 N–H and O–H groups in total. The van der Waals surface area contributed by atoms with Crippen LogP contribution in [0.2, 0.25) is 0 Å². The van der Waals surface area contributed by atoms with Gasteiger partial charge in [-0.25, -0.2) is 0 Å². The molecule has 3 aromatic rings. The summed E-state index contributed by atoms with van der Waals surface area (Å²) < 4.78 is 0. The number of benzene rings is 3. The number of carbonyl (C=O) groups excluding carboxylic acids is 1. The van der Waals surface area contributed by atoms with Gasteiger partial charge in [0.05, 0.1) is 0 Å². The number of anilines is 1. The third-order valence-corrected chi connectivity index (χ3v) is 3.18. The summed E-state index contributed by atoms with van der Waals surface area (Å²) in [5.41, 5.74) is 12.6. The summed E-state index contributed by atoms with van der Waals surface area (Å²) in [6, 6.07) is 15.2. The molecule has 0 bridgehead atoms. The van der Waals surface area contributed by atoms with Crippen LogP contribution in [0, 0.1) is 0 Å². The van der Waals surface area contributed by atoms with Gasteiger partial charge < -0.3 is 11.5 Å². The van der Waals surface area contributed by atoms with E-state index in [9.17, 15) is 4.79 Å². The predicted octanol–water partition coefficient (Wildman–Crippen LogP) is 2.67. The lowest BCUT2D eigenvalue weighted by Gasteiger charge is -2.07. The molecule has 3 nitrogen and oxygen atoms in total. The molecule has 0 aliphatic carbocycles. The first kappa shape index (κ1) is 10.6. The Morgan fingerprint density at radius 2 is 1.56 bits per heavy atom. The lowest BCUT2D eigenvalue weighted by atomic mass is 9.99. The van der Waals surface area contributed by atoms with Gasteiger partial charge in [0.15, 0.2) is 0 Å². The minimum atomic E-state index is -0.422. The van der Waals surface area contributed by atoms with Crippen LogP contribution in [0.3, 0.4) is 0 Å². The molecule has 0 saturated carbocycles. The fourth-order valence-electron chi connectivity index (χ4n) is 2.29. The second-order valence-corrected chi connectivity index (χ2v) is 4.31. The van der Waals surface area contributed by atoms with E-state index >= 15 is 0 Å². The molecule has 0 spiro atoms. The Morgan fingerprint density at radius 1 is 0.889 bits per heavy atom. The van der Waals surface area contributed by atoms with Crippen LogP contribution >= 0.6 is 0 Å². The third-order valence-electron chi connectivity index (χ3n) is 3.18. The molecule has 0 radical (unpaired) electrons. The van der Waals surface area contributed by atoms with Crippen molar-refractivity contribution in [1.29, 1.82) is 0 Å². The Labute approximate surface area is 104 Å². The van der Waals surface area contributed by atoms with E-state index < -0.39 is 5.91 Å². The molecule has 3 heteroatoms. The maximum absolute atomic E-state index is 11.4. The number of hydrogen-bond acceptors (Lipinski definition) is 2. The Kier molecular flexibility index (Phi) is 2.20. The van der Waals surface area contributed by atoms with E-state index in [0.717, 1.165) is 21.5 Å². The second kappa shape index (κ2) is 3.74. The molecule has 18 heavy (non-hydrogen) atoms. The van der Waals surface area contributed by atoms with Crippen molar-refractivity contribution in [2.45, 2.75) is 0 Å². The Morgan fingerprint density at radius 3 is 2.28 bits per heavy atom. The summed E-state index contributed by atoms with van der Waals surface area (Å²) in [5.74, 6) is -0.422. The van der Waals surface area contributed by atoms with Crippen LogP contribution in [0.4, 0.5) is 5.69 Å². The molecule has 3 aromatic carbocycles. The quantitative estimate of drug-likeness (QED) is 0.503. The number of amides is 1. The summed E-state index contributed by atoms with van der Waals surface area (Å²) in [4.78, 5) is 11.4. The van der Waals surface area contributed by atoms with Crippen molar-refractivity contribution in [3.63, 3.8) is 0 Å². The standard InChI is InChI=1S/C15H12N2O/c16-14-6-2-4-10-7-9-3-1-5-11(15(17)18)12(9)8-13(10)14/h1-8H,16H2,(H2,17,18). The van der Waals surface area contributed by atoms with Crippen LogP contribution in [0.5, 0.6) is 0 Å². The predicted molar refractivity (Wildman–Crippen MR) is 74.4 cm³/mol. The second-order valence-electron chi connectivity index (χ2n) is 4.31. The first-order valence-electron chi connectivity index (χ1n) is 5.67. The zero-order valence-electron chi connectivity index (χ0n) is 9.68. The van der Waals surface area contributed by atoms with Crippen molar-refractivity contribution in [3.8, 4) is 0 Å². The third kappa shape index (κ3) is 1.49. The Hall–Kier alpha value is -2.55. The van der Waals surface area contributed by atoms with Crippen molar-refractivity contribution in [1.82, 2.24) is 0 Å². The number of nitrogen functional groups attached to an aromatic ring is 1. The highest BCUT2D eigenvalue weighted by Crippen LogP contribution is 2.28. The van der Waals surface area contributed by atoms with Gasteiger partial charge in [0, 0.05) is 16.6 Å². The summed E-state index contributed by atoms with van der Waals surface area (Å²) in [6.07, 6.45) is 0. The SMILES string of the molecule is NC(=O)c1cccc2cc3cccc(N)c3cc12. The lowest BCUT2D eigenvalue weighted by Crippen LogP contribution is -2.11. The smallest absolute Gasteiger partial charge is 0.249 e. The molecule has 0 atom stereocenters. The van der Waals surface area contributed by atoms with E-state index in [2.05, 4.69) is 0 Å². The van der Waals surface area contributed by atoms with E-state index in [0.29, 0.717) is 11.3 Å². The first-order valence-corrected chi connectivity index (χ1v) is 5.67. The van der Waals surface area contributed by atoms with Gasteiger partial charge in [-0.2, -0.15) is 0 Å². The monoisotopic (exact) mass is 236 g/mol. The number of primary amides is 1. The van der Waals surface area contributed by atoms with Gasteiger partial charge in [-0.3, -0.25) is 4.79 Å². The highest BCUT2D eigenvalue weighted by atomic mass is 16.1. The molecule has 0 saturated heterocycles. The van der Waals surface area contributed by atoms with Gasteiger partial charge in [0.1, 0.15) is 0 Å². The zero-order valence-corrected chi connectivity index (χ0v) is 9.68. The fraction of sp³-hybridized carbons (Fsp3) is 0.